The van der Waals surface area contributed by atoms with Gasteiger partial charge in [0.05, 0.1) is 19.8 Å². The van der Waals surface area contributed by atoms with Crippen LogP contribution in [0.4, 0.5) is 0 Å². The fraction of sp³-hybridized carbons (Fsp3) is 0.278. The fourth-order valence-corrected chi connectivity index (χ4v) is 2.18. The number of carbonyl (C=O) groups excluding carboxylic acids is 1. The molecule has 0 aliphatic heterocycles. The van der Waals surface area contributed by atoms with E-state index in [9.17, 15) is 4.79 Å². The highest BCUT2D eigenvalue weighted by Crippen LogP contribution is 2.19. The van der Waals surface area contributed by atoms with Crippen LogP contribution in [0.2, 0.25) is 0 Å². The van der Waals surface area contributed by atoms with E-state index in [0.717, 1.165) is 17.9 Å². The molecule has 0 aliphatic rings. The van der Waals surface area contributed by atoms with E-state index in [4.69, 9.17) is 4.74 Å². The lowest BCUT2D eigenvalue weighted by Gasteiger charge is -2.15. The van der Waals surface area contributed by atoms with Crippen molar-refractivity contribution in [2.75, 3.05) is 14.2 Å². The van der Waals surface area contributed by atoms with Gasteiger partial charge in [-0.2, -0.15) is 0 Å². The molecule has 0 amide bonds. The molecular formula is C18H21NO3. The molecule has 1 atom stereocenters. The molecule has 0 aliphatic carbocycles. The molecule has 2 rings (SSSR count). The number of carbonyl (C=O) groups is 1. The molecule has 0 spiro atoms. The minimum atomic E-state index is -0.316. The van der Waals surface area contributed by atoms with E-state index in [0.29, 0.717) is 5.56 Å². The Bertz CT molecular complexity index is 622. The van der Waals surface area contributed by atoms with Gasteiger partial charge in [-0.3, -0.25) is 0 Å². The standard InChI is InChI=1S/C18H21NO3/c1-13(16-5-4-6-17(11-16)21-2)19-12-14-7-9-15(10-8-14)18(20)22-3/h4-11,13,19H,12H2,1-3H3/t13-/m1/s1. The molecule has 2 aromatic rings. The van der Waals surface area contributed by atoms with Crippen LogP contribution in [0.25, 0.3) is 0 Å². The van der Waals surface area contributed by atoms with Gasteiger partial charge in [-0.1, -0.05) is 24.3 Å². The number of methoxy groups -OCH3 is 2. The zero-order chi connectivity index (χ0) is 15.9. The zero-order valence-electron chi connectivity index (χ0n) is 13.1. The van der Waals surface area contributed by atoms with Gasteiger partial charge in [0.2, 0.25) is 0 Å². The molecule has 0 radical (unpaired) electrons. The summed E-state index contributed by atoms with van der Waals surface area (Å²) >= 11 is 0. The highest BCUT2D eigenvalue weighted by molar-refractivity contribution is 5.89. The first-order valence-corrected chi connectivity index (χ1v) is 7.18. The molecule has 4 heteroatoms. The molecule has 0 heterocycles. The number of hydrogen-bond acceptors (Lipinski definition) is 4. The lowest BCUT2D eigenvalue weighted by atomic mass is 10.1. The summed E-state index contributed by atoms with van der Waals surface area (Å²) in [5.41, 5.74) is 2.85. The number of hydrogen-bond donors (Lipinski definition) is 1. The van der Waals surface area contributed by atoms with E-state index in [1.54, 1.807) is 19.2 Å². The Hall–Kier alpha value is -2.33. The van der Waals surface area contributed by atoms with Crippen LogP contribution < -0.4 is 10.1 Å². The van der Waals surface area contributed by atoms with E-state index in [-0.39, 0.29) is 12.0 Å². The van der Waals surface area contributed by atoms with Crippen molar-refractivity contribution in [3.8, 4) is 5.75 Å². The third-order valence-corrected chi connectivity index (χ3v) is 3.58. The number of ether oxygens (including phenoxy) is 2. The van der Waals surface area contributed by atoms with Gasteiger partial charge >= 0.3 is 5.97 Å². The third-order valence-electron chi connectivity index (χ3n) is 3.58. The van der Waals surface area contributed by atoms with Crippen LogP contribution in [0.15, 0.2) is 48.5 Å². The average Bonchev–Trinajstić information content (AvgIpc) is 2.59. The molecule has 116 valence electrons. The molecule has 4 nitrogen and oxygen atoms in total. The Morgan fingerprint density at radius 3 is 2.50 bits per heavy atom. The minimum Gasteiger partial charge on any atom is -0.497 e. The summed E-state index contributed by atoms with van der Waals surface area (Å²) < 4.78 is 9.93. The second-order valence-electron chi connectivity index (χ2n) is 5.07. The highest BCUT2D eigenvalue weighted by atomic mass is 16.5. The summed E-state index contributed by atoms with van der Waals surface area (Å²) in [7, 11) is 3.05. The van der Waals surface area contributed by atoms with Crippen LogP contribution in [0.3, 0.4) is 0 Å². The summed E-state index contributed by atoms with van der Waals surface area (Å²) in [4.78, 5) is 11.4. The van der Waals surface area contributed by atoms with E-state index in [1.165, 1.54) is 12.7 Å². The Morgan fingerprint density at radius 2 is 1.86 bits per heavy atom. The lowest BCUT2D eigenvalue weighted by Crippen LogP contribution is -2.18. The summed E-state index contributed by atoms with van der Waals surface area (Å²) in [6.07, 6.45) is 0. The largest absolute Gasteiger partial charge is 0.497 e. The maximum Gasteiger partial charge on any atom is 0.337 e. The van der Waals surface area contributed by atoms with E-state index >= 15 is 0 Å². The summed E-state index contributed by atoms with van der Waals surface area (Å²) in [5.74, 6) is 0.540. The predicted octanol–water partition coefficient (Wildman–Crippen LogP) is 3.33. The monoisotopic (exact) mass is 299 g/mol. The van der Waals surface area contributed by atoms with Crippen LogP contribution in [-0.2, 0) is 11.3 Å². The summed E-state index contributed by atoms with van der Waals surface area (Å²) in [6.45, 7) is 2.83. The molecule has 0 fully saturated rings. The van der Waals surface area contributed by atoms with Crippen molar-refractivity contribution in [1.29, 1.82) is 0 Å². The lowest BCUT2D eigenvalue weighted by molar-refractivity contribution is 0.0600. The molecule has 0 saturated heterocycles. The van der Waals surface area contributed by atoms with Crippen molar-refractivity contribution in [3.63, 3.8) is 0 Å². The van der Waals surface area contributed by atoms with Crippen molar-refractivity contribution in [2.45, 2.75) is 19.5 Å². The highest BCUT2D eigenvalue weighted by Gasteiger charge is 2.07. The first kappa shape index (κ1) is 16.0. The Balaban J connectivity index is 1.95. The summed E-state index contributed by atoms with van der Waals surface area (Å²) in [6, 6.07) is 15.6. The predicted molar refractivity (Wildman–Crippen MR) is 86.0 cm³/mol. The van der Waals surface area contributed by atoms with Crippen LogP contribution in [0, 0.1) is 0 Å². The van der Waals surface area contributed by atoms with Crippen LogP contribution in [0.5, 0.6) is 5.75 Å². The second kappa shape index (κ2) is 7.61. The normalized spacial score (nSPS) is 11.8. The molecule has 2 aromatic carbocycles. The maximum absolute atomic E-state index is 11.4. The minimum absolute atomic E-state index is 0.204. The van der Waals surface area contributed by atoms with Gasteiger partial charge in [-0.15, -0.1) is 0 Å². The topological polar surface area (TPSA) is 47.6 Å². The van der Waals surface area contributed by atoms with Crippen LogP contribution in [-0.4, -0.2) is 20.2 Å². The molecule has 22 heavy (non-hydrogen) atoms. The van der Waals surface area contributed by atoms with Gasteiger partial charge in [-0.05, 0) is 42.3 Å². The van der Waals surface area contributed by atoms with Gasteiger partial charge < -0.3 is 14.8 Å². The number of nitrogens with one attached hydrogen (secondary N) is 1. The van der Waals surface area contributed by atoms with Gasteiger partial charge in [-0.25, -0.2) is 4.79 Å². The van der Waals surface area contributed by atoms with Crippen molar-refractivity contribution in [2.24, 2.45) is 0 Å². The maximum atomic E-state index is 11.4. The van der Waals surface area contributed by atoms with Gasteiger partial charge in [0.1, 0.15) is 5.75 Å². The Labute approximate surface area is 131 Å². The first-order chi connectivity index (χ1) is 10.6. The van der Waals surface area contributed by atoms with E-state index < -0.39 is 0 Å². The molecule has 0 bridgehead atoms. The number of benzene rings is 2. The molecule has 0 saturated carbocycles. The van der Waals surface area contributed by atoms with Gasteiger partial charge in [0.25, 0.3) is 0 Å². The smallest absolute Gasteiger partial charge is 0.337 e. The van der Waals surface area contributed by atoms with Gasteiger partial charge in [0, 0.05) is 12.6 Å². The SMILES string of the molecule is COC(=O)c1ccc(CN[C@H](C)c2cccc(OC)c2)cc1. The van der Waals surface area contributed by atoms with Crippen molar-refractivity contribution >= 4 is 5.97 Å². The van der Waals surface area contributed by atoms with E-state index in [2.05, 4.69) is 23.0 Å². The quantitative estimate of drug-likeness (QED) is 0.831. The molecule has 0 unspecified atom stereocenters. The number of esters is 1. The van der Waals surface area contributed by atoms with Crippen LogP contribution in [0.1, 0.15) is 34.5 Å². The second-order valence-corrected chi connectivity index (χ2v) is 5.07. The van der Waals surface area contributed by atoms with E-state index in [1.807, 2.05) is 30.3 Å². The van der Waals surface area contributed by atoms with Gasteiger partial charge in [0.15, 0.2) is 0 Å². The zero-order valence-corrected chi connectivity index (χ0v) is 13.1. The average molecular weight is 299 g/mol. The van der Waals surface area contributed by atoms with Crippen molar-refractivity contribution in [1.82, 2.24) is 5.32 Å². The summed E-state index contributed by atoms with van der Waals surface area (Å²) in [5, 5.41) is 3.46. The number of rotatable bonds is 6. The van der Waals surface area contributed by atoms with Crippen LogP contribution >= 0.6 is 0 Å². The Morgan fingerprint density at radius 1 is 1.14 bits per heavy atom. The molecule has 0 aromatic heterocycles. The van der Waals surface area contributed by atoms with Crippen molar-refractivity contribution in [3.05, 3.63) is 65.2 Å². The third kappa shape index (κ3) is 4.09. The van der Waals surface area contributed by atoms with Crippen molar-refractivity contribution < 1.29 is 14.3 Å². The fourth-order valence-electron chi connectivity index (χ4n) is 2.18. The Kier molecular flexibility index (Phi) is 5.55. The molecular weight excluding hydrogens is 278 g/mol. The molecule has 1 N–H and O–H groups in total. The first-order valence-electron chi connectivity index (χ1n) is 7.18.